The minimum Gasteiger partial charge on any atom is -0.205 e. The predicted octanol–water partition coefficient (Wildman–Crippen LogP) is 2.38. The summed E-state index contributed by atoms with van der Waals surface area (Å²) in [6, 6.07) is 8.77. The van der Waals surface area contributed by atoms with Crippen molar-refractivity contribution >= 4 is 10.0 Å². The Hall–Kier alpha value is -1.83. The van der Waals surface area contributed by atoms with Crippen molar-refractivity contribution in [3.63, 3.8) is 0 Å². The summed E-state index contributed by atoms with van der Waals surface area (Å²) < 4.78 is 61.0. The molecule has 0 aliphatic carbocycles. The van der Waals surface area contributed by atoms with Crippen LogP contribution in [0.4, 0.5) is 13.2 Å². The summed E-state index contributed by atoms with van der Waals surface area (Å²) in [6.45, 7) is 0. The van der Waals surface area contributed by atoms with Gasteiger partial charge in [0, 0.05) is 5.56 Å². The number of hydrogen-bond donors (Lipinski definition) is 0. The van der Waals surface area contributed by atoms with Crippen molar-refractivity contribution in [2.45, 2.75) is 6.18 Å². The number of hydrogen-bond acceptors (Lipinski definition) is 3. The van der Waals surface area contributed by atoms with Gasteiger partial charge in [-0.05, 0) is 6.07 Å². The molecule has 0 radical (unpaired) electrons. The summed E-state index contributed by atoms with van der Waals surface area (Å²) in [5.74, 6) is 0. The van der Waals surface area contributed by atoms with E-state index >= 15 is 0 Å². The Morgan fingerprint density at radius 1 is 1.16 bits per heavy atom. The van der Waals surface area contributed by atoms with Crippen molar-refractivity contribution in [1.29, 1.82) is 0 Å². The highest BCUT2D eigenvalue weighted by molar-refractivity contribution is 7.89. The third kappa shape index (κ3) is 2.78. The predicted molar refractivity (Wildman–Crippen MR) is 62.9 cm³/mol. The maximum atomic E-state index is 12.8. The fraction of sp³-hybridized carbons (Fsp3) is 0.182. The normalized spacial score (nSPS) is 12.6. The van der Waals surface area contributed by atoms with E-state index in [-0.39, 0.29) is 9.78 Å². The quantitative estimate of drug-likeness (QED) is 0.853. The van der Waals surface area contributed by atoms with Crippen LogP contribution >= 0.6 is 0 Å². The first-order valence-electron chi connectivity index (χ1n) is 5.13. The molecule has 0 saturated carbocycles. The largest absolute Gasteiger partial charge is 0.434 e. The number of rotatable bonds is 2. The first kappa shape index (κ1) is 13.6. The van der Waals surface area contributed by atoms with Gasteiger partial charge in [-0.3, -0.25) is 0 Å². The van der Waals surface area contributed by atoms with Crippen LogP contribution in [0.25, 0.3) is 11.3 Å². The second-order valence-corrected chi connectivity index (χ2v) is 5.70. The van der Waals surface area contributed by atoms with E-state index in [0.29, 0.717) is 11.8 Å². The van der Waals surface area contributed by atoms with Gasteiger partial charge in [-0.2, -0.15) is 22.4 Å². The van der Waals surface area contributed by atoms with Crippen LogP contribution in [-0.4, -0.2) is 23.9 Å². The molecule has 8 heteroatoms. The van der Waals surface area contributed by atoms with E-state index in [0.717, 1.165) is 6.07 Å². The molecule has 1 aromatic carbocycles. The summed E-state index contributed by atoms with van der Waals surface area (Å²) in [4.78, 5) is 0. The minimum absolute atomic E-state index is 0.00926. The molecule has 1 aromatic heterocycles. The van der Waals surface area contributed by atoms with Crippen molar-refractivity contribution < 1.29 is 21.6 Å². The molecule has 0 atom stereocenters. The first-order chi connectivity index (χ1) is 8.69. The van der Waals surface area contributed by atoms with Crippen molar-refractivity contribution in [2.75, 3.05) is 6.26 Å². The fourth-order valence-electron chi connectivity index (χ4n) is 1.56. The molecule has 0 aliphatic heterocycles. The maximum Gasteiger partial charge on any atom is 0.434 e. The molecule has 19 heavy (non-hydrogen) atoms. The van der Waals surface area contributed by atoms with Crippen LogP contribution in [0.5, 0.6) is 0 Å². The van der Waals surface area contributed by atoms with Gasteiger partial charge in [-0.1, -0.05) is 30.3 Å². The summed E-state index contributed by atoms with van der Waals surface area (Å²) in [5.41, 5.74) is -0.942. The highest BCUT2D eigenvalue weighted by atomic mass is 32.2. The van der Waals surface area contributed by atoms with Gasteiger partial charge in [-0.25, -0.2) is 8.42 Å². The lowest BCUT2D eigenvalue weighted by Crippen LogP contribution is -2.20. The van der Waals surface area contributed by atoms with Gasteiger partial charge in [-0.15, -0.1) is 0 Å². The van der Waals surface area contributed by atoms with Crippen LogP contribution in [0.1, 0.15) is 5.69 Å². The number of nitrogens with zero attached hydrogens (tertiary/aromatic N) is 2. The van der Waals surface area contributed by atoms with Crippen molar-refractivity contribution in [3.8, 4) is 11.3 Å². The summed E-state index contributed by atoms with van der Waals surface area (Å²) in [6.07, 6.45) is -4.12. The topological polar surface area (TPSA) is 52.0 Å². The zero-order valence-corrected chi connectivity index (χ0v) is 10.5. The molecule has 2 aromatic rings. The Labute approximate surface area is 107 Å². The van der Waals surface area contributed by atoms with Crippen molar-refractivity contribution in [1.82, 2.24) is 9.19 Å². The van der Waals surface area contributed by atoms with Gasteiger partial charge in [0.05, 0.1) is 11.9 Å². The molecule has 102 valence electrons. The monoisotopic (exact) mass is 290 g/mol. The molecule has 0 N–H and O–H groups in total. The Balaban J connectivity index is 2.66. The number of benzene rings is 1. The molecule has 4 nitrogen and oxygen atoms in total. The van der Waals surface area contributed by atoms with Crippen LogP contribution in [0.15, 0.2) is 36.4 Å². The fourth-order valence-corrected chi connectivity index (χ4v) is 2.31. The molecule has 0 spiro atoms. The van der Waals surface area contributed by atoms with E-state index in [2.05, 4.69) is 5.10 Å². The van der Waals surface area contributed by atoms with E-state index in [4.69, 9.17) is 0 Å². The Morgan fingerprint density at radius 2 is 1.74 bits per heavy atom. The number of alkyl halides is 3. The molecule has 0 aliphatic rings. The van der Waals surface area contributed by atoms with Gasteiger partial charge in [0.15, 0.2) is 5.69 Å². The minimum atomic E-state index is -4.79. The zero-order valence-electron chi connectivity index (χ0n) is 9.72. The van der Waals surface area contributed by atoms with Crippen molar-refractivity contribution in [2.24, 2.45) is 0 Å². The number of aromatic nitrogens is 2. The second-order valence-electron chi connectivity index (χ2n) is 3.88. The molecule has 2 rings (SSSR count). The summed E-state index contributed by atoms with van der Waals surface area (Å²) >= 11 is 0. The van der Waals surface area contributed by atoms with Gasteiger partial charge in [0.25, 0.3) is 10.0 Å². The van der Waals surface area contributed by atoms with Crippen LogP contribution in [0.2, 0.25) is 0 Å². The highest BCUT2D eigenvalue weighted by Gasteiger charge is 2.38. The van der Waals surface area contributed by atoms with Crippen molar-refractivity contribution in [3.05, 3.63) is 42.1 Å². The Bertz CT molecular complexity index is 690. The first-order valence-corrected chi connectivity index (χ1v) is 6.97. The average molecular weight is 290 g/mol. The van der Waals surface area contributed by atoms with E-state index in [1.54, 1.807) is 30.3 Å². The Kier molecular flexibility index (Phi) is 3.13. The van der Waals surface area contributed by atoms with Crippen LogP contribution < -0.4 is 0 Å². The maximum absolute atomic E-state index is 12.8. The van der Waals surface area contributed by atoms with E-state index in [1.165, 1.54) is 0 Å². The summed E-state index contributed by atoms with van der Waals surface area (Å²) in [5, 5.41) is 3.53. The smallest absolute Gasteiger partial charge is 0.205 e. The zero-order chi connectivity index (χ0) is 14.3. The van der Waals surface area contributed by atoms with Crippen LogP contribution in [0.3, 0.4) is 0 Å². The van der Waals surface area contributed by atoms with E-state index in [1.807, 2.05) is 0 Å². The lowest BCUT2D eigenvalue weighted by Gasteiger charge is -2.07. The average Bonchev–Trinajstić information content (AvgIpc) is 2.74. The van der Waals surface area contributed by atoms with Gasteiger partial charge in [0.1, 0.15) is 0 Å². The summed E-state index contributed by atoms with van der Waals surface area (Å²) in [7, 11) is -4.12. The second kappa shape index (κ2) is 4.37. The molecule has 0 bridgehead atoms. The highest BCUT2D eigenvalue weighted by Crippen LogP contribution is 2.32. The van der Waals surface area contributed by atoms with Gasteiger partial charge >= 0.3 is 6.18 Å². The van der Waals surface area contributed by atoms with Crippen LogP contribution in [0, 0.1) is 0 Å². The van der Waals surface area contributed by atoms with E-state index in [9.17, 15) is 21.6 Å². The lowest BCUT2D eigenvalue weighted by molar-refractivity contribution is -0.142. The number of halogens is 3. The molecular formula is C11H9F3N2O2S. The molecule has 0 fully saturated rings. The van der Waals surface area contributed by atoms with Gasteiger partial charge < -0.3 is 0 Å². The SMILES string of the molecule is CS(=O)(=O)n1nc(-c2ccccc2)cc1C(F)(F)F. The van der Waals surface area contributed by atoms with Gasteiger partial charge in [0.2, 0.25) is 0 Å². The molecule has 0 unspecified atom stereocenters. The van der Waals surface area contributed by atoms with E-state index < -0.39 is 21.9 Å². The lowest BCUT2D eigenvalue weighted by atomic mass is 10.1. The Morgan fingerprint density at radius 3 is 2.16 bits per heavy atom. The molecule has 0 amide bonds. The third-order valence-corrected chi connectivity index (χ3v) is 3.26. The molecule has 0 saturated heterocycles. The third-order valence-electron chi connectivity index (χ3n) is 2.35. The molecular weight excluding hydrogens is 281 g/mol. The molecule has 1 heterocycles. The van der Waals surface area contributed by atoms with Crippen LogP contribution in [-0.2, 0) is 16.2 Å². The standard InChI is InChI=1S/C11H9F3N2O2S/c1-19(17,18)16-10(11(12,13)14)7-9(15-16)8-5-3-2-4-6-8/h2-7H,1H3.